The Labute approximate surface area is 273 Å². The molecule has 43 heavy (non-hydrogen) atoms. The Morgan fingerprint density at radius 1 is 0.674 bits per heavy atom. The van der Waals surface area contributed by atoms with E-state index in [0.717, 1.165) is 29.1 Å². The van der Waals surface area contributed by atoms with E-state index in [-0.39, 0.29) is 23.3 Å². The molecular weight excluding hydrogens is 664 g/mol. The molecule has 0 fully saturated rings. The van der Waals surface area contributed by atoms with Crippen LogP contribution in [0.25, 0.3) is 20.4 Å². The molecule has 0 unspecified atom stereocenters. The molecule has 0 radical (unpaired) electrons. The van der Waals surface area contributed by atoms with Gasteiger partial charge in [0.2, 0.25) is 11.8 Å². The van der Waals surface area contributed by atoms with Crippen LogP contribution in [0.4, 0.5) is 11.4 Å². The van der Waals surface area contributed by atoms with Crippen LogP contribution in [0.5, 0.6) is 11.5 Å². The fourth-order valence-electron chi connectivity index (χ4n) is 3.91. The summed E-state index contributed by atoms with van der Waals surface area (Å²) < 4.78 is 9.64. The van der Waals surface area contributed by atoms with Crippen molar-refractivity contribution in [1.82, 2.24) is 9.97 Å². The molecule has 6 rings (SSSR count). The molecule has 0 bridgehead atoms. The summed E-state index contributed by atoms with van der Waals surface area (Å²) >= 11 is 17.9. The number of carbonyl (C=O) groups excluding carboxylic acids is 2. The largest absolute Gasteiger partial charge is 0.457 e. The Kier molecular flexibility index (Phi) is 9.37. The lowest BCUT2D eigenvalue weighted by Gasteiger charge is -2.10. The van der Waals surface area contributed by atoms with Crippen LogP contribution in [-0.4, -0.2) is 33.3 Å². The van der Waals surface area contributed by atoms with E-state index >= 15 is 0 Å². The monoisotopic (exact) mass is 682 g/mol. The molecule has 0 saturated carbocycles. The zero-order chi connectivity index (χ0) is 29.8. The first-order chi connectivity index (χ1) is 20.9. The van der Waals surface area contributed by atoms with Crippen molar-refractivity contribution in [2.24, 2.45) is 0 Å². The number of nitrogens with one attached hydrogen (secondary N) is 2. The van der Waals surface area contributed by atoms with Crippen LogP contribution in [0.1, 0.15) is 0 Å². The van der Waals surface area contributed by atoms with Gasteiger partial charge in [-0.1, -0.05) is 52.8 Å². The lowest BCUT2D eigenvalue weighted by Crippen LogP contribution is -2.14. The second-order valence-corrected chi connectivity index (χ2v) is 14.4. The molecule has 4 aromatic carbocycles. The molecule has 0 spiro atoms. The number of nitrogens with zero attached hydrogens (tertiary/aromatic N) is 2. The van der Waals surface area contributed by atoms with E-state index in [1.807, 2.05) is 42.5 Å². The number of rotatable bonds is 10. The number of amides is 2. The van der Waals surface area contributed by atoms with Crippen molar-refractivity contribution in [2.45, 2.75) is 8.68 Å². The van der Waals surface area contributed by atoms with Gasteiger partial charge in [0.15, 0.2) is 8.68 Å². The van der Waals surface area contributed by atoms with Crippen molar-refractivity contribution >= 4 is 113 Å². The van der Waals surface area contributed by atoms with E-state index in [1.54, 1.807) is 42.5 Å². The maximum Gasteiger partial charge on any atom is 0.234 e. The lowest BCUT2D eigenvalue weighted by atomic mass is 10.2. The van der Waals surface area contributed by atoms with Crippen molar-refractivity contribution < 1.29 is 14.3 Å². The molecule has 2 heterocycles. The van der Waals surface area contributed by atoms with Gasteiger partial charge in [0, 0.05) is 27.5 Å². The van der Waals surface area contributed by atoms with Crippen molar-refractivity contribution in [3.05, 3.63) is 95.0 Å². The van der Waals surface area contributed by atoms with Gasteiger partial charge in [0.25, 0.3) is 0 Å². The number of carbonyl (C=O) groups is 2. The molecule has 0 saturated heterocycles. The molecule has 13 heteroatoms. The normalized spacial score (nSPS) is 11.1. The predicted molar refractivity (Wildman–Crippen MR) is 181 cm³/mol. The van der Waals surface area contributed by atoms with E-state index in [1.165, 1.54) is 46.2 Å². The SMILES string of the molecule is O=C(CSc1nc2cc(Cl)ccc2s1)Nc1ccc(Oc2cccc(NC(=O)CSc3nc4cc(Cl)ccc4s3)c2)cc1. The second-order valence-electron chi connectivity index (χ2n) is 9.01. The fraction of sp³-hybridized carbons (Fsp3) is 0.0667. The number of aromatic nitrogens is 2. The topological polar surface area (TPSA) is 93.2 Å². The van der Waals surface area contributed by atoms with Crippen LogP contribution in [0.2, 0.25) is 10.0 Å². The zero-order valence-electron chi connectivity index (χ0n) is 22.0. The Bertz CT molecular complexity index is 1950. The third-order valence-corrected chi connectivity index (χ3v) is 10.6. The number of hydrogen-bond acceptors (Lipinski definition) is 9. The van der Waals surface area contributed by atoms with Gasteiger partial charge in [-0.3, -0.25) is 9.59 Å². The maximum atomic E-state index is 12.6. The van der Waals surface area contributed by atoms with E-state index < -0.39 is 0 Å². The number of benzene rings is 4. The smallest absolute Gasteiger partial charge is 0.234 e. The van der Waals surface area contributed by atoms with Crippen LogP contribution in [0.3, 0.4) is 0 Å². The number of halogens is 2. The molecule has 2 N–H and O–H groups in total. The van der Waals surface area contributed by atoms with Gasteiger partial charge < -0.3 is 15.4 Å². The molecule has 6 aromatic rings. The van der Waals surface area contributed by atoms with E-state index in [4.69, 9.17) is 27.9 Å². The Hall–Kier alpha value is -3.32. The Morgan fingerprint density at radius 2 is 1.23 bits per heavy atom. The molecule has 2 amide bonds. The molecule has 7 nitrogen and oxygen atoms in total. The maximum absolute atomic E-state index is 12.6. The summed E-state index contributed by atoms with van der Waals surface area (Å²) in [6, 6.07) is 25.4. The van der Waals surface area contributed by atoms with Crippen molar-refractivity contribution in [3.63, 3.8) is 0 Å². The minimum Gasteiger partial charge on any atom is -0.457 e. The van der Waals surface area contributed by atoms with Gasteiger partial charge in [0.1, 0.15) is 11.5 Å². The number of hydrogen-bond donors (Lipinski definition) is 2. The van der Waals surface area contributed by atoms with Gasteiger partial charge in [-0.2, -0.15) is 0 Å². The number of fused-ring (bicyclic) bond motifs is 2. The first kappa shape index (κ1) is 29.7. The Balaban J connectivity index is 0.976. The average molecular weight is 684 g/mol. The van der Waals surface area contributed by atoms with Crippen molar-refractivity contribution in [2.75, 3.05) is 22.1 Å². The standard InChI is InChI=1S/C30H20Cl2N4O3S4/c31-17-4-10-25-23(12-17)35-29(42-25)40-15-27(37)33-19-6-8-21(9-7-19)39-22-3-1-2-20(14-22)34-28(38)16-41-30-36-24-13-18(32)5-11-26(24)43-30/h1-14H,15-16H2,(H,33,37)(H,34,38). The molecule has 216 valence electrons. The third kappa shape index (κ3) is 7.99. The minimum absolute atomic E-state index is 0.134. The summed E-state index contributed by atoms with van der Waals surface area (Å²) in [6.07, 6.45) is 0. The van der Waals surface area contributed by atoms with Crippen LogP contribution >= 0.6 is 69.4 Å². The van der Waals surface area contributed by atoms with Gasteiger partial charge in [-0.15, -0.1) is 22.7 Å². The molecule has 0 aliphatic carbocycles. The van der Waals surface area contributed by atoms with Crippen molar-refractivity contribution in [3.8, 4) is 11.5 Å². The number of anilines is 2. The van der Waals surface area contributed by atoms with E-state index in [9.17, 15) is 9.59 Å². The third-order valence-electron chi connectivity index (χ3n) is 5.81. The van der Waals surface area contributed by atoms with Gasteiger partial charge in [0.05, 0.1) is 31.9 Å². The van der Waals surface area contributed by atoms with Gasteiger partial charge in [-0.25, -0.2) is 9.97 Å². The van der Waals surface area contributed by atoms with Crippen LogP contribution in [-0.2, 0) is 9.59 Å². The molecular formula is C30H20Cl2N4O3S4. The summed E-state index contributed by atoms with van der Waals surface area (Å²) in [5.41, 5.74) is 2.93. The lowest BCUT2D eigenvalue weighted by molar-refractivity contribution is -0.114. The second kappa shape index (κ2) is 13.5. The van der Waals surface area contributed by atoms with E-state index in [0.29, 0.717) is 32.9 Å². The van der Waals surface area contributed by atoms with Gasteiger partial charge >= 0.3 is 0 Å². The molecule has 2 aromatic heterocycles. The van der Waals surface area contributed by atoms with Crippen molar-refractivity contribution in [1.29, 1.82) is 0 Å². The van der Waals surface area contributed by atoms with Crippen LogP contribution in [0.15, 0.2) is 93.6 Å². The fourth-order valence-corrected chi connectivity index (χ4v) is 7.94. The van der Waals surface area contributed by atoms with Crippen LogP contribution < -0.4 is 15.4 Å². The first-order valence-corrected chi connectivity index (χ1v) is 17.1. The zero-order valence-corrected chi connectivity index (χ0v) is 26.8. The summed E-state index contributed by atoms with van der Waals surface area (Å²) in [5.74, 6) is 1.34. The number of thiazole rings is 2. The molecule has 0 atom stereocenters. The van der Waals surface area contributed by atoms with E-state index in [2.05, 4.69) is 20.6 Å². The minimum atomic E-state index is -0.148. The van der Waals surface area contributed by atoms with Gasteiger partial charge in [-0.05, 0) is 72.8 Å². The summed E-state index contributed by atoms with van der Waals surface area (Å²) in [7, 11) is 0. The highest BCUT2D eigenvalue weighted by atomic mass is 35.5. The summed E-state index contributed by atoms with van der Waals surface area (Å²) in [5, 5.41) is 7.07. The molecule has 0 aliphatic rings. The first-order valence-electron chi connectivity index (χ1n) is 12.7. The predicted octanol–water partition coefficient (Wildman–Crippen LogP) is 9.47. The quantitative estimate of drug-likeness (QED) is 0.139. The highest BCUT2D eigenvalue weighted by molar-refractivity contribution is 8.02. The number of thioether (sulfide) groups is 2. The highest BCUT2D eigenvalue weighted by Gasteiger charge is 2.11. The summed E-state index contributed by atoms with van der Waals surface area (Å²) in [6.45, 7) is 0. The van der Waals surface area contributed by atoms with Crippen LogP contribution in [0, 0.1) is 0 Å². The number of ether oxygens (including phenoxy) is 1. The summed E-state index contributed by atoms with van der Waals surface area (Å²) in [4.78, 5) is 34.1. The average Bonchev–Trinajstić information content (AvgIpc) is 3.59. The highest BCUT2D eigenvalue weighted by Crippen LogP contribution is 2.33. The molecule has 0 aliphatic heterocycles. The Morgan fingerprint density at radius 3 is 1.81 bits per heavy atom.